The Morgan fingerprint density at radius 3 is 2.33 bits per heavy atom. The lowest BCUT2D eigenvalue weighted by molar-refractivity contribution is -0.123. The van der Waals surface area contributed by atoms with Gasteiger partial charge in [0.05, 0.1) is 5.60 Å². The van der Waals surface area contributed by atoms with E-state index in [-0.39, 0.29) is 5.91 Å². The van der Waals surface area contributed by atoms with Crippen LogP contribution in [0.5, 0.6) is 0 Å². The largest absolute Gasteiger partial charge is 0.388 e. The van der Waals surface area contributed by atoms with E-state index in [0.717, 1.165) is 38.5 Å². The first-order valence-corrected chi connectivity index (χ1v) is 8.88. The lowest BCUT2D eigenvalue weighted by atomic mass is 9.89. The molecule has 3 rings (SSSR count). The third kappa shape index (κ3) is 4.19. The van der Waals surface area contributed by atoms with Crippen molar-refractivity contribution in [2.75, 3.05) is 6.54 Å². The van der Waals surface area contributed by atoms with Crippen LogP contribution >= 0.6 is 0 Å². The van der Waals surface area contributed by atoms with Crippen molar-refractivity contribution in [1.29, 1.82) is 0 Å². The van der Waals surface area contributed by atoms with Gasteiger partial charge in [-0.2, -0.15) is 0 Å². The van der Waals surface area contributed by atoms with Crippen molar-refractivity contribution in [3.63, 3.8) is 0 Å². The summed E-state index contributed by atoms with van der Waals surface area (Å²) in [6.07, 6.45) is 11.8. The number of fused-ring (bicyclic) bond motifs is 2. The SMILES string of the molecule is O=C(CC1CC2CCC(C1)N2)NCC1(O)CCCCCC1. The minimum absolute atomic E-state index is 0.138. The molecule has 1 saturated carbocycles. The topological polar surface area (TPSA) is 61.4 Å². The molecule has 1 amide bonds. The molecule has 3 N–H and O–H groups in total. The van der Waals surface area contributed by atoms with Gasteiger partial charge in [-0.1, -0.05) is 25.7 Å². The summed E-state index contributed by atoms with van der Waals surface area (Å²) in [6.45, 7) is 0.448. The lowest BCUT2D eigenvalue weighted by Gasteiger charge is -2.30. The van der Waals surface area contributed by atoms with Crippen LogP contribution in [0.3, 0.4) is 0 Å². The van der Waals surface area contributed by atoms with Gasteiger partial charge in [0.2, 0.25) is 5.91 Å². The summed E-state index contributed by atoms with van der Waals surface area (Å²) >= 11 is 0. The van der Waals surface area contributed by atoms with E-state index < -0.39 is 5.60 Å². The van der Waals surface area contributed by atoms with Crippen LogP contribution in [0.2, 0.25) is 0 Å². The minimum Gasteiger partial charge on any atom is -0.388 e. The van der Waals surface area contributed by atoms with E-state index in [1.807, 2.05) is 0 Å². The summed E-state index contributed by atoms with van der Waals surface area (Å²) in [6, 6.07) is 1.29. The first-order valence-electron chi connectivity index (χ1n) is 8.88. The number of rotatable bonds is 4. The van der Waals surface area contributed by atoms with Crippen molar-refractivity contribution in [3.05, 3.63) is 0 Å². The molecule has 3 fully saturated rings. The molecule has 1 aliphatic carbocycles. The van der Waals surface area contributed by atoms with E-state index in [1.54, 1.807) is 0 Å². The van der Waals surface area contributed by atoms with Gasteiger partial charge in [0.25, 0.3) is 0 Å². The monoisotopic (exact) mass is 294 g/mol. The minimum atomic E-state index is -0.653. The summed E-state index contributed by atoms with van der Waals surface area (Å²) in [7, 11) is 0. The smallest absolute Gasteiger partial charge is 0.220 e. The second kappa shape index (κ2) is 6.66. The Balaban J connectivity index is 1.41. The number of hydrogen-bond acceptors (Lipinski definition) is 3. The van der Waals surface area contributed by atoms with Crippen LogP contribution in [0.1, 0.15) is 70.6 Å². The van der Waals surface area contributed by atoms with Crippen LogP contribution < -0.4 is 10.6 Å². The molecule has 2 bridgehead atoms. The van der Waals surface area contributed by atoms with Gasteiger partial charge in [-0.25, -0.2) is 0 Å². The number of hydrogen-bond donors (Lipinski definition) is 3. The average Bonchev–Trinajstić information content (AvgIpc) is 2.67. The fraction of sp³-hybridized carbons (Fsp3) is 0.941. The number of carbonyl (C=O) groups excluding carboxylic acids is 1. The molecule has 120 valence electrons. The van der Waals surface area contributed by atoms with Crippen molar-refractivity contribution in [1.82, 2.24) is 10.6 Å². The Morgan fingerprint density at radius 2 is 1.71 bits per heavy atom. The Bertz CT molecular complexity index is 352. The van der Waals surface area contributed by atoms with Crippen LogP contribution in [0, 0.1) is 5.92 Å². The molecule has 3 aliphatic rings. The summed E-state index contributed by atoms with van der Waals surface area (Å²) in [4.78, 5) is 12.2. The third-order valence-corrected chi connectivity index (χ3v) is 5.69. The van der Waals surface area contributed by atoms with Gasteiger partial charge < -0.3 is 15.7 Å². The Kier molecular flexibility index (Phi) is 4.85. The maximum atomic E-state index is 12.2. The molecule has 4 heteroatoms. The average molecular weight is 294 g/mol. The van der Waals surface area contributed by atoms with Crippen LogP contribution in [-0.2, 0) is 4.79 Å². The predicted molar refractivity (Wildman–Crippen MR) is 82.9 cm³/mol. The molecule has 21 heavy (non-hydrogen) atoms. The Labute approximate surface area is 128 Å². The first kappa shape index (κ1) is 15.3. The van der Waals surface area contributed by atoms with E-state index in [1.165, 1.54) is 25.7 Å². The van der Waals surface area contributed by atoms with Crippen LogP contribution in [0.15, 0.2) is 0 Å². The highest BCUT2D eigenvalue weighted by Crippen LogP contribution is 2.32. The fourth-order valence-corrected chi connectivity index (χ4v) is 4.50. The standard InChI is InChI=1S/C17H30N2O2/c20-16(11-13-9-14-5-6-15(10-13)19-14)18-12-17(21)7-3-1-2-4-8-17/h13-15,19,21H,1-12H2,(H,18,20). The van der Waals surface area contributed by atoms with Crippen molar-refractivity contribution >= 4 is 5.91 Å². The molecule has 2 heterocycles. The molecular weight excluding hydrogens is 264 g/mol. The van der Waals surface area contributed by atoms with Gasteiger partial charge >= 0.3 is 0 Å². The van der Waals surface area contributed by atoms with E-state index in [0.29, 0.717) is 31.0 Å². The van der Waals surface area contributed by atoms with E-state index in [2.05, 4.69) is 10.6 Å². The van der Waals surface area contributed by atoms with Crippen LogP contribution in [0.25, 0.3) is 0 Å². The second-order valence-electron chi connectivity index (χ2n) is 7.59. The molecular formula is C17H30N2O2. The molecule has 2 unspecified atom stereocenters. The van der Waals surface area contributed by atoms with Crippen molar-refractivity contribution in [2.24, 2.45) is 5.92 Å². The number of piperidine rings is 1. The zero-order valence-electron chi connectivity index (χ0n) is 13.1. The van der Waals surface area contributed by atoms with E-state index >= 15 is 0 Å². The molecule has 0 aromatic carbocycles. The number of carbonyl (C=O) groups is 1. The van der Waals surface area contributed by atoms with Crippen LogP contribution in [0.4, 0.5) is 0 Å². The number of nitrogens with one attached hydrogen (secondary N) is 2. The fourth-order valence-electron chi connectivity index (χ4n) is 4.50. The number of aliphatic hydroxyl groups is 1. The normalized spacial score (nSPS) is 35.2. The predicted octanol–water partition coefficient (Wildman–Crippen LogP) is 2.11. The van der Waals surface area contributed by atoms with Gasteiger partial charge in [-0.15, -0.1) is 0 Å². The van der Waals surface area contributed by atoms with Gasteiger partial charge in [0.1, 0.15) is 0 Å². The van der Waals surface area contributed by atoms with Gasteiger partial charge in [-0.05, 0) is 44.4 Å². The summed E-state index contributed by atoms with van der Waals surface area (Å²) in [5.41, 5.74) is -0.653. The van der Waals surface area contributed by atoms with E-state index in [9.17, 15) is 9.90 Å². The molecule has 0 radical (unpaired) electrons. The highest BCUT2D eigenvalue weighted by molar-refractivity contribution is 5.76. The molecule has 0 spiro atoms. The Hall–Kier alpha value is -0.610. The zero-order chi connectivity index (χ0) is 14.7. The molecule has 0 aromatic heterocycles. The summed E-state index contributed by atoms with van der Waals surface area (Å²) < 4.78 is 0. The molecule has 2 aliphatic heterocycles. The Morgan fingerprint density at radius 1 is 1.10 bits per heavy atom. The zero-order valence-corrected chi connectivity index (χ0v) is 13.1. The lowest BCUT2D eigenvalue weighted by Crippen LogP contribution is -2.44. The molecule has 0 aromatic rings. The molecule has 4 nitrogen and oxygen atoms in total. The van der Waals surface area contributed by atoms with E-state index in [4.69, 9.17) is 0 Å². The maximum Gasteiger partial charge on any atom is 0.220 e. The highest BCUT2D eigenvalue weighted by Gasteiger charge is 2.34. The summed E-state index contributed by atoms with van der Waals surface area (Å²) in [5, 5.41) is 17.2. The van der Waals surface area contributed by atoms with Gasteiger partial charge in [0.15, 0.2) is 0 Å². The second-order valence-corrected chi connectivity index (χ2v) is 7.59. The molecule has 2 atom stereocenters. The number of amides is 1. The molecule has 2 saturated heterocycles. The van der Waals surface area contributed by atoms with Gasteiger partial charge in [-0.3, -0.25) is 4.79 Å². The quantitative estimate of drug-likeness (QED) is 0.696. The van der Waals surface area contributed by atoms with Crippen LogP contribution in [-0.4, -0.2) is 35.2 Å². The summed E-state index contributed by atoms with van der Waals surface area (Å²) in [5.74, 6) is 0.673. The maximum absolute atomic E-state index is 12.2. The van der Waals surface area contributed by atoms with Crippen molar-refractivity contribution < 1.29 is 9.90 Å². The third-order valence-electron chi connectivity index (χ3n) is 5.69. The highest BCUT2D eigenvalue weighted by atomic mass is 16.3. The van der Waals surface area contributed by atoms with Crippen molar-refractivity contribution in [2.45, 2.75) is 88.3 Å². The van der Waals surface area contributed by atoms with Crippen molar-refractivity contribution in [3.8, 4) is 0 Å². The first-order chi connectivity index (χ1) is 10.1. The van der Waals surface area contributed by atoms with Gasteiger partial charge in [0, 0.05) is 25.0 Å².